The van der Waals surface area contributed by atoms with Gasteiger partial charge in [0.05, 0.1) is 0 Å². The molecule has 1 fully saturated rings. The molecule has 3 aromatic rings. The maximum absolute atomic E-state index is 12.6. The Hall–Kier alpha value is -3.34. The number of fused-ring (bicyclic) bond motifs is 1. The third kappa shape index (κ3) is 4.47. The molecule has 5 rings (SSSR count). The van der Waals surface area contributed by atoms with Crippen molar-refractivity contribution in [1.82, 2.24) is 4.90 Å². The number of anilines is 1. The molecule has 1 N–H and O–H groups in total. The monoisotopic (exact) mass is 428 g/mol. The number of aryl methyl sites for hydroxylation is 1. The van der Waals surface area contributed by atoms with E-state index in [-0.39, 0.29) is 11.8 Å². The molecule has 0 atom stereocenters. The molecule has 0 unspecified atom stereocenters. The van der Waals surface area contributed by atoms with Gasteiger partial charge in [0.2, 0.25) is 11.8 Å². The third-order valence-corrected chi connectivity index (χ3v) is 6.57. The number of furan rings is 1. The molecule has 0 radical (unpaired) electrons. The Morgan fingerprint density at radius 2 is 1.81 bits per heavy atom. The van der Waals surface area contributed by atoms with Crippen molar-refractivity contribution in [2.24, 2.45) is 5.92 Å². The normalized spacial score (nSPS) is 15.7. The average molecular weight is 429 g/mol. The summed E-state index contributed by atoms with van der Waals surface area (Å²) >= 11 is 0. The molecule has 1 aromatic heterocycles. The molecular formula is C27H28N2O3. The van der Waals surface area contributed by atoms with Gasteiger partial charge in [-0.05, 0) is 55.2 Å². The number of rotatable bonds is 6. The maximum Gasteiger partial charge on any atom is 0.225 e. The van der Waals surface area contributed by atoms with Gasteiger partial charge in [0.25, 0.3) is 0 Å². The summed E-state index contributed by atoms with van der Waals surface area (Å²) in [7, 11) is 0. The van der Waals surface area contributed by atoms with Gasteiger partial charge in [0.15, 0.2) is 0 Å². The number of carbonyl (C=O) groups excluding carboxylic acids is 2. The number of nitrogens with one attached hydrogen (secondary N) is 1. The second-order valence-electron chi connectivity index (χ2n) is 8.81. The number of hydrogen-bond acceptors (Lipinski definition) is 3. The predicted octanol–water partition coefficient (Wildman–Crippen LogP) is 5.20. The zero-order chi connectivity index (χ0) is 21.9. The van der Waals surface area contributed by atoms with Crippen LogP contribution in [0.3, 0.4) is 0 Å². The highest BCUT2D eigenvalue weighted by molar-refractivity contribution is 5.91. The van der Waals surface area contributed by atoms with E-state index in [4.69, 9.17) is 4.42 Å². The van der Waals surface area contributed by atoms with E-state index < -0.39 is 0 Å². The summed E-state index contributed by atoms with van der Waals surface area (Å²) in [6.45, 7) is 1.38. The molecule has 2 aliphatic rings. The second-order valence-corrected chi connectivity index (χ2v) is 8.81. The zero-order valence-electron chi connectivity index (χ0n) is 18.2. The average Bonchev–Trinajstić information content (AvgIpc) is 3.21. The molecule has 0 saturated heterocycles. The number of hydrogen-bond donors (Lipinski definition) is 1. The van der Waals surface area contributed by atoms with Crippen LogP contribution >= 0.6 is 0 Å². The third-order valence-electron chi connectivity index (χ3n) is 6.57. The molecule has 1 aliphatic heterocycles. The molecule has 1 aliphatic carbocycles. The lowest BCUT2D eigenvalue weighted by atomic mass is 9.84. The van der Waals surface area contributed by atoms with Crippen LogP contribution in [0.4, 0.5) is 5.69 Å². The van der Waals surface area contributed by atoms with Gasteiger partial charge < -0.3 is 14.6 Å². The van der Waals surface area contributed by atoms with E-state index in [0.29, 0.717) is 18.9 Å². The first-order chi connectivity index (χ1) is 15.7. The van der Waals surface area contributed by atoms with Gasteiger partial charge in [-0.3, -0.25) is 9.59 Å². The lowest BCUT2D eigenvalue weighted by molar-refractivity contribution is -0.139. The number of benzene rings is 2. The largest absolute Gasteiger partial charge is 0.461 e. The van der Waals surface area contributed by atoms with Gasteiger partial charge in [0, 0.05) is 48.7 Å². The Balaban J connectivity index is 1.19. The van der Waals surface area contributed by atoms with Crippen molar-refractivity contribution in [1.29, 1.82) is 0 Å². The zero-order valence-corrected chi connectivity index (χ0v) is 18.2. The standard InChI is InChI=1S/C27H28N2O3/c30-26(14-9-19-5-2-1-3-6-19)28-23-12-10-20(11-13-23)25-17-22-18-29(16-15-24(22)32-25)27(31)21-7-4-8-21/h1-3,5-6,10-13,17,21H,4,7-9,14-16,18H2,(H,28,30). The van der Waals surface area contributed by atoms with Crippen LogP contribution in [-0.4, -0.2) is 23.3 Å². The van der Waals surface area contributed by atoms with Crippen LogP contribution in [0, 0.1) is 5.92 Å². The van der Waals surface area contributed by atoms with Crippen molar-refractivity contribution in [2.75, 3.05) is 11.9 Å². The first-order valence-corrected chi connectivity index (χ1v) is 11.5. The van der Waals surface area contributed by atoms with E-state index >= 15 is 0 Å². The summed E-state index contributed by atoms with van der Waals surface area (Å²) < 4.78 is 6.10. The maximum atomic E-state index is 12.6. The van der Waals surface area contributed by atoms with Crippen LogP contribution in [0.5, 0.6) is 0 Å². The molecule has 2 heterocycles. The Bertz CT molecular complexity index is 1100. The van der Waals surface area contributed by atoms with Crippen molar-refractivity contribution in [3.05, 3.63) is 77.6 Å². The van der Waals surface area contributed by atoms with Crippen LogP contribution in [-0.2, 0) is 29.0 Å². The highest BCUT2D eigenvalue weighted by atomic mass is 16.3. The van der Waals surface area contributed by atoms with Crippen molar-refractivity contribution in [3.8, 4) is 11.3 Å². The molecule has 164 valence electrons. The fourth-order valence-corrected chi connectivity index (χ4v) is 4.42. The summed E-state index contributed by atoms with van der Waals surface area (Å²) in [5.41, 5.74) is 4.02. The minimum absolute atomic E-state index is 0.00582. The van der Waals surface area contributed by atoms with Gasteiger partial charge in [-0.15, -0.1) is 0 Å². The van der Waals surface area contributed by atoms with Crippen LogP contribution < -0.4 is 5.32 Å². The molecule has 0 spiro atoms. The summed E-state index contributed by atoms with van der Waals surface area (Å²) in [6.07, 6.45) is 5.19. The Morgan fingerprint density at radius 3 is 2.53 bits per heavy atom. The number of amides is 2. The van der Waals surface area contributed by atoms with E-state index in [1.165, 1.54) is 6.42 Å². The van der Waals surface area contributed by atoms with Gasteiger partial charge in [0.1, 0.15) is 11.5 Å². The SMILES string of the molecule is O=C(CCc1ccccc1)Nc1ccc(-c2cc3c(o2)CCN(C(=O)C2CCC2)C3)cc1. The van der Waals surface area contributed by atoms with E-state index in [0.717, 1.165) is 66.1 Å². The predicted molar refractivity (Wildman–Crippen MR) is 124 cm³/mol. The number of nitrogens with zero attached hydrogens (tertiary/aromatic N) is 1. The minimum atomic E-state index is 0.00582. The van der Waals surface area contributed by atoms with Gasteiger partial charge in [-0.2, -0.15) is 0 Å². The summed E-state index contributed by atoms with van der Waals surface area (Å²) in [5, 5.41) is 2.97. The van der Waals surface area contributed by atoms with E-state index in [9.17, 15) is 9.59 Å². The number of carbonyl (C=O) groups is 2. The minimum Gasteiger partial charge on any atom is -0.461 e. The Morgan fingerprint density at radius 1 is 1.03 bits per heavy atom. The first-order valence-electron chi connectivity index (χ1n) is 11.5. The van der Waals surface area contributed by atoms with E-state index in [2.05, 4.69) is 11.4 Å². The Labute approximate surface area is 188 Å². The Kier molecular flexibility index (Phi) is 5.80. The topological polar surface area (TPSA) is 62.6 Å². The van der Waals surface area contributed by atoms with Crippen LogP contribution in [0.2, 0.25) is 0 Å². The summed E-state index contributed by atoms with van der Waals surface area (Å²) in [5.74, 6) is 2.34. The highest BCUT2D eigenvalue weighted by Crippen LogP contribution is 2.33. The first kappa shape index (κ1) is 20.6. The molecule has 2 amide bonds. The smallest absolute Gasteiger partial charge is 0.225 e. The van der Waals surface area contributed by atoms with E-state index in [1.807, 2.05) is 59.5 Å². The van der Waals surface area contributed by atoms with Gasteiger partial charge in [-0.1, -0.05) is 36.8 Å². The van der Waals surface area contributed by atoms with Crippen LogP contribution in [0.15, 0.2) is 65.1 Å². The van der Waals surface area contributed by atoms with E-state index in [1.54, 1.807) is 0 Å². The molecule has 1 saturated carbocycles. The van der Waals surface area contributed by atoms with Gasteiger partial charge >= 0.3 is 0 Å². The molecular weight excluding hydrogens is 400 g/mol. The lowest BCUT2D eigenvalue weighted by Crippen LogP contribution is -2.41. The van der Waals surface area contributed by atoms with Crippen molar-refractivity contribution < 1.29 is 14.0 Å². The van der Waals surface area contributed by atoms with Crippen molar-refractivity contribution >= 4 is 17.5 Å². The summed E-state index contributed by atoms with van der Waals surface area (Å²) in [6, 6.07) is 19.8. The summed E-state index contributed by atoms with van der Waals surface area (Å²) in [4.78, 5) is 26.8. The second kappa shape index (κ2) is 9.03. The lowest BCUT2D eigenvalue weighted by Gasteiger charge is -2.33. The highest BCUT2D eigenvalue weighted by Gasteiger charge is 2.32. The fraction of sp³-hybridized carbons (Fsp3) is 0.333. The molecule has 0 bridgehead atoms. The van der Waals surface area contributed by atoms with Gasteiger partial charge in [-0.25, -0.2) is 0 Å². The fourth-order valence-electron chi connectivity index (χ4n) is 4.42. The van der Waals surface area contributed by atoms with Crippen molar-refractivity contribution in [3.63, 3.8) is 0 Å². The van der Waals surface area contributed by atoms with Crippen LogP contribution in [0.25, 0.3) is 11.3 Å². The quantitative estimate of drug-likeness (QED) is 0.587. The van der Waals surface area contributed by atoms with Crippen LogP contribution in [0.1, 0.15) is 42.6 Å². The molecule has 5 heteroatoms. The molecule has 2 aromatic carbocycles. The van der Waals surface area contributed by atoms with Crippen molar-refractivity contribution in [2.45, 2.75) is 45.1 Å². The molecule has 5 nitrogen and oxygen atoms in total. The molecule has 32 heavy (non-hydrogen) atoms.